The fourth-order valence-corrected chi connectivity index (χ4v) is 3.96. The first kappa shape index (κ1) is 24.4. The van der Waals surface area contributed by atoms with Crippen molar-refractivity contribution in [2.75, 3.05) is 34.0 Å². The Bertz CT molecular complexity index is 1080. The van der Waals surface area contributed by atoms with Gasteiger partial charge in [-0.3, -0.25) is 9.59 Å². The van der Waals surface area contributed by atoms with E-state index in [4.69, 9.17) is 25.8 Å². The normalized spacial score (nSPS) is 17.5. The predicted octanol–water partition coefficient (Wildman–Crippen LogP) is 3.91. The van der Waals surface area contributed by atoms with E-state index in [9.17, 15) is 19.8 Å². The molecule has 2 aromatic carbocycles. The molecule has 2 N–H and O–H groups in total. The first-order chi connectivity index (χ1) is 15.8. The molecule has 1 saturated heterocycles. The molecule has 176 valence electrons. The molecule has 1 heterocycles. The Hall–Kier alpha value is -3.23. The van der Waals surface area contributed by atoms with Crippen LogP contribution in [0.1, 0.15) is 30.5 Å². The molecule has 1 aliphatic rings. The number of carbonyl (C=O) groups is 2. The second-order valence-electron chi connectivity index (χ2n) is 7.35. The summed E-state index contributed by atoms with van der Waals surface area (Å²) in [5, 5.41) is 21.8. The van der Waals surface area contributed by atoms with Gasteiger partial charge in [-0.05, 0) is 49.2 Å². The van der Waals surface area contributed by atoms with E-state index in [2.05, 4.69) is 0 Å². The van der Waals surface area contributed by atoms with Crippen LogP contribution in [-0.4, -0.2) is 60.8 Å². The number of benzene rings is 2. The predicted molar refractivity (Wildman–Crippen MR) is 123 cm³/mol. The van der Waals surface area contributed by atoms with E-state index < -0.39 is 17.7 Å². The van der Waals surface area contributed by atoms with Gasteiger partial charge in [0.1, 0.15) is 11.5 Å². The molecule has 8 nitrogen and oxygen atoms in total. The highest BCUT2D eigenvalue weighted by Crippen LogP contribution is 2.42. The Morgan fingerprint density at radius 3 is 2.52 bits per heavy atom. The van der Waals surface area contributed by atoms with Crippen LogP contribution >= 0.6 is 11.6 Å². The molecule has 1 unspecified atom stereocenters. The highest BCUT2D eigenvalue weighted by molar-refractivity contribution is 6.46. The van der Waals surface area contributed by atoms with Crippen molar-refractivity contribution >= 4 is 29.1 Å². The van der Waals surface area contributed by atoms with E-state index in [1.165, 1.54) is 30.2 Å². The van der Waals surface area contributed by atoms with Gasteiger partial charge in [0.15, 0.2) is 11.5 Å². The van der Waals surface area contributed by atoms with Gasteiger partial charge in [0.25, 0.3) is 11.7 Å². The van der Waals surface area contributed by atoms with Crippen molar-refractivity contribution in [1.29, 1.82) is 0 Å². The minimum atomic E-state index is -0.912. The zero-order chi connectivity index (χ0) is 24.1. The number of nitrogens with zero attached hydrogens (tertiary/aromatic N) is 1. The van der Waals surface area contributed by atoms with E-state index >= 15 is 0 Å². The van der Waals surface area contributed by atoms with Gasteiger partial charge in [-0.15, -0.1) is 0 Å². The van der Waals surface area contributed by atoms with Crippen LogP contribution in [0.25, 0.3) is 5.76 Å². The van der Waals surface area contributed by atoms with Gasteiger partial charge < -0.3 is 29.3 Å². The van der Waals surface area contributed by atoms with Crippen molar-refractivity contribution in [3.05, 3.63) is 58.1 Å². The Labute approximate surface area is 196 Å². The number of aliphatic hydroxyl groups excluding tert-OH is 1. The molecule has 0 aliphatic carbocycles. The van der Waals surface area contributed by atoms with E-state index in [-0.39, 0.29) is 34.9 Å². The molecule has 9 heteroatoms. The minimum Gasteiger partial charge on any atom is -0.507 e. The first-order valence-corrected chi connectivity index (χ1v) is 10.8. The Morgan fingerprint density at radius 2 is 1.88 bits per heavy atom. The van der Waals surface area contributed by atoms with Gasteiger partial charge in [-0.1, -0.05) is 17.7 Å². The molecule has 1 fully saturated rings. The maximum absolute atomic E-state index is 13.0. The highest BCUT2D eigenvalue weighted by Gasteiger charge is 2.46. The number of hydrogen-bond acceptors (Lipinski definition) is 7. The molecule has 0 aromatic heterocycles. The number of phenolic OH excluding ortho intramolecular Hbond substituents is 1. The lowest BCUT2D eigenvalue weighted by Crippen LogP contribution is -2.31. The number of ketones is 1. The Balaban J connectivity index is 2.16. The molecular weight excluding hydrogens is 450 g/mol. The van der Waals surface area contributed by atoms with Crippen molar-refractivity contribution < 1.29 is 34.0 Å². The summed E-state index contributed by atoms with van der Waals surface area (Å²) in [7, 11) is 2.96. The zero-order valence-electron chi connectivity index (χ0n) is 18.6. The third-order valence-electron chi connectivity index (χ3n) is 5.31. The quantitative estimate of drug-likeness (QED) is 0.245. The molecule has 0 spiro atoms. The smallest absolute Gasteiger partial charge is 0.295 e. The monoisotopic (exact) mass is 475 g/mol. The fraction of sp³-hybridized carbons (Fsp3) is 0.333. The summed E-state index contributed by atoms with van der Waals surface area (Å²) < 4.78 is 15.7. The number of phenols is 1. The Kier molecular flexibility index (Phi) is 7.84. The second kappa shape index (κ2) is 10.6. The molecule has 33 heavy (non-hydrogen) atoms. The average molecular weight is 476 g/mol. The van der Waals surface area contributed by atoms with Gasteiger partial charge in [0.2, 0.25) is 0 Å². The number of Topliss-reactive ketones (excluding diaryl/α,β-unsaturated/α-hetero) is 1. The van der Waals surface area contributed by atoms with Crippen molar-refractivity contribution in [2.24, 2.45) is 0 Å². The maximum Gasteiger partial charge on any atom is 0.295 e. The third kappa shape index (κ3) is 4.91. The summed E-state index contributed by atoms with van der Waals surface area (Å²) in [6, 6.07) is 8.28. The minimum absolute atomic E-state index is 0.0910. The van der Waals surface area contributed by atoms with Crippen LogP contribution in [-0.2, 0) is 14.3 Å². The molecule has 3 rings (SSSR count). The van der Waals surface area contributed by atoms with Gasteiger partial charge in [0.05, 0.1) is 30.4 Å². The lowest BCUT2D eigenvalue weighted by Gasteiger charge is -2.25. The number of likely N-dealkylation sites (tertiary alicyclic amines) is 1. The third-order valence-corrected chi connectivity index (χ3v) is 5.62. The topological polar surface area (TPSA) is 106 Å². The Morgan fingerprint density at radius 1 is 1.12 bits per heavy atom. The number of methoxy groups -OCH3 is 2. The van der Waals surface area contributed by atoms with Crippen LogP contribution in [0.5, 0.6) is 17.2 Å². The first-order valence-electron chi connectivity index (χ1n) is 10.4. The summed E-state index contributed by atoms with van der Waals surface area (Å²) in [6.45, 7) is 2.76. The van der Waals surface area contributed by atoms with E-state index in [1.807, 2.05) is 0 Å². The molecule has 0 radical (unpaired) electrons. The fourth-order valence-electron chi connectivity index (χ4n) is 3.79. The van der Waals surface area contributed by atoms with Crippen molar-refractivity contribution in [3.8, 4) is 17.2 Å². The summed E-state index contributed by atoms with van der Waals surface area (Å²) in [6.07, 6.45) is 0.484. The molecular formula is C24H26ClNO7. The van der Waals surface area contributed by atoms with Crippen molar-refractivity contribution in [1.82, 2.24) is 4.90 Å². The molecule has 1 aliphatic heterocycles. The van der Waals surface area contributed by atoms with Crippen LogP contribution in [0.15, 0.2) is 42.0 Å². The van der Waals surface area contributed by atoms with Gasteiger partial charge in [0, 0.05) is 25.8 Å². The van der Waals surface area contributed by atoms with Gasteiger partial charge >= 0.3 is 0 Å². The number of amides is 1. The van der Waals surface area contributed by atoms with E-state index in [1.54, 1.807) is 32.2 Å². The zero-order valence-corrected chi connectivity index (χ0v) is 19.4. The van der Waals surface area contributed by atoms with Crippen LogP contribution in [0, 0.1) is 0 Å². The summed E-state index contributed by atoms with van der Waals surface area (Å²) >= 11 is 6.15. The number of carbonyl (C=O) groups excluding carboxylic acids is 2. The lowest BCUT2D eigenvalue weighted by molar-refractivity contribution is -0.140. The second-order valence-corrected chi connectivity index (χ2v) is 7.76. The van der Waals surface area contributed by atoms with Gasteiger partial charge in [-0.2, -0.15) is 0 Å². The van der Waals surface area contributed by atoms with Crippen molar-refractivity contribution in [2.45, 2.75) is 19.4 Å². The molecule has 2 aromatic rings. The highest BCUT2D eigenvalue weighted by atomic mass is 35.5. The molecule has 0 saturated carbocycles. The standard InChI is InChI=1S/C24H26ClNO7/c1-4-33-19-13-15(6-8-16(19)25)22(28)20-21(14-7-9-18(32-3)17(27)12-14)26(10-5-11-31-2)24(30)23(20)29/h6-9,12-13,21,27-28H,4-5,10-11H2,1-3H3/b22-20-. The number of halogens is 1. The number of aliphatic hydroxyl groups is 1. The lowest BCUT2D eigenvalue weighted by atomic mass is 9.95. The maximum atomic E-state index is 13.0. The van der Waals surface area contributed by atoms with Crippen LogP contribution in [0.4, 0.5) is 0 Å². The number of hydrogen-bond donors (Lipinski definition) is 2. The summed E-state index contributed by atoms with van der Waals surface area (Å²) in [4.78, 5) is 27.3. The van der Waals surface area contributed by atoms with Crippen LogP contribution in [0.3, 0.4) is 0 Å². The van der Waals surface area contributed by atoms with E-state index in [0.29, 0.717) is 36.0 Å². The van der Waals surface area contributed by atoms with Crippen molar-refractivity contribution in [3.63, 3.8) is 0 Å². The van der Waals surface area contributed by atoms with Gasteiger partial charge in [-0.25, -0.2) is 0 Å². The van der Waals surface area contributed by atoms with Crippen LogP contribution in [0.2, 0.25) is 5.02 Å². The number of ether oxygens (including phenoxy) is 3. The molecule has 0 bridgehead atoms. The number of aromatic hydroxyl groups is 1. The molecule has 1 amide bonds. The molecule has 1 atom stereocenters. The summed E-state index contributed by atoms with van der Waals surface area (Å²) in [5.74, 6) is -1.49. The van der Waals surface area contributed by atoms with E-state index in [0.717, 1.165) is 0 Å². The number of rotatable bonds is 9. The average Bonchev–Trinajstić information content (AvgIpc) is 3.05. The largest absolute Gasteiger partial charge is 0.507 e. The SMILES string of the molecule is CCOc1cc(/C(O)=C2/C(=O)C(=O)N(CCCOC)C2c2ccc(OC)c(O)c2)ccc1Cl. The summed E-state index contributed by atoms with van der Waals surface area (Å²) in [5.41, 5.74) is 0.637. The van der Waals surface area contributed by atoms with Crippen LogP contribution < -0.4 is 9.47 Å².